The van der Waals surface area contributed by atoms with E-state index in [1.165, 1.54) is 18.2 Å². The Bertz CT molecular complexity index is 835. The Balaban J connectivity index is 1.29. The van der Waals surface area contributed by atoms with Crippen LogP contribution in [0.25, 0.3) is 0 Å². The molecule has 4 bridgehead atoms. The number of esters is 1. The number of rotatable bonds is 7. The molecule has 4 aliphatic rings. The van der Waals surface area contributed by atoms with Gasteiger partial charge in [0, 0.05) is 4.90 Å². The molecule has 154 valence electrons. The molecule has 0 aliphatic heterocycles. The van der Waals surface area contributed by atoms with Gasteiger partial charge in [0.25, 0.3) is 5.91 Å². The molecule has 29 heavy (non-hydrogen) atoms. The number of para-hydroxylation sites is 1. The van der Waals surface area contributed by atoms with Crippen LogP contribution in [-0.2, 0) is 14.3 Å². The number of ether oxygens (including phenoxy) is 1. The first kappa shape index (κ1) is 20.2. The third-order valence-electron chi connectivity index (χ3n) is 6.49. The lowest BCUT2D eigenvalue weighted by Gasteiger charge is -2.60. The number of nitriles is 1. The van der Waals surface area contributed by atoms with Crippen LogP contribution in [0.4, 0.5) is 5.69 Å². The first-order valence-electron chi connectivity index (χ1n) is 10.2. The van der Waals surface area contributed by atoms with Crippen molar-refractivity contribution in [2.45, 2.75) is 55.4 Å². The highest BCUT2D eigenvalue weighted by Crippen LogP contribution is 2.62. The van der Waals surface area contributed by atoms with E-state index in [2.05, 4.69) is 11.4 Å². The lowest BCUT2D eigenvalue weighted by atomic mass is 9.47. The lowest BCUT2D eigenvalue weighted by Crippen LogP contribution is -2.56. The molecule has 0 radical (unpaired) electrons. The minimum Gasteiger partial charge on any atom is -0.456 e. The van der Waals surface area contributed by atoms with Gasteiger partial charge in [-0.15, -0.1) is 11.8 Å². The summed E-state index contributed by atoms with van der Waals surface area (Å²) >= 11 is 1.34. The van der Waals surface area contributed by atoms with Gasteiger partial charge in [0.15, 0.2) is 6.61 Å². The van der Waals surface area contributed by atoms with Crippen LogP contribution >= 0.6 is 11.8 Å². The molecule has 4 saturated carbocycles. The summed E-state index contributed by atoms with van der Waals surface area (Å²) in [4.78, 5) is 25.5. The number of hydrogen-bond acceptors (Lipinski definition) is 6. The second kappa shape index (κ2) is 8.00. The van der Waals surface area contributed by atoms with Gasteiger partial charge < -0.3 is 15.2 Å². The summed E-state index contributed by atoms with van der Waals surface area (Å²) in [5.41, 5.74) is -0.156. The number of anilines is 1. The number of carbonyl (C=O) groups excluding carboxylic acids is 2. The number of aliphatic hydroxyl groups is 1. The first-order valence-corrected chi connectivity index (χ1v) is 11.1. The normalized spacial score (nSPS) is 31.9. The maximum Gasteiger partial charge on any atom is 0.306 e. The molecule has 1 aromatic carbocycles. The summed E-state index contributed by atoms with van der Waals surface area (Å²) in [6.45, 7) is -0.330. The van der Waals surface area contributed by atoms with Crippen molar-refractivity contribution in [2.75, 3.05) is 17.7 Å². The third kappa shape index (κ3) is 4.59. The zero-order valence-electron chi connectivity index (χ0n) is 16.4. The number of hydrogen-bond donors (Lipinski definition) is 2. The highest BCUT2D eigenvalue weighted by Gasteiger charge is 2.57. The molecule has 6 nitrogen and oxygen atoms in total. The van der Waals surface area contributed by atoms with Crippen molar-refractivity contribution in [3.8, 4) is 6.07 Å². The zero-order chi connectivity index (χ0) is 20.5. The molecule has 4 atom stereocenters. The monoisotopic (exact) mass is 414 g/mol. The van der Waals surface area contributed by atoms with E-state index in [1.54, 1.807) is 12.1 Å². The molecule has 0 saturated heterocycles. The topological polar surface area (TPSA) is 99.4 Å². The van der Waals surface area contributed by atoms with Gasteiger partial charge >= 0.3 is 5.97 Å². The molecular formula is C22H26N2O4S. The maximum absolute atomic E-state index is 12.5. The molecule has 2 unspecified atom stereocenters. The largest absolute Gasteiger partial charge is 0.456 e. The van der Waals surface area contributed by atoms with Crippen molar-refractivity contribution in [1.82, 2.24) is 0 Å². The van der Waals surface area contributed by atoms with Crippen LogP contribution in [0.5, 0.6) is 0 Å². The van der Waals surface area contributed by atoms with E-state index >= 15 is 0 Å². The van der Waals surface area contributed by atoms with E-state index in [4.69, 9.17) is 10.00 Å². The summed E-state index contributed by atoms with van der Waals surface area (Å²) in [5, 5.41) is 22.3. The van der Waals surface area contributed by atoms with Gasteiger partial charge in [0.1, 0.15) is 0 Å². The molecule has 0 aromatic heterocycles. The number of nitrogens with zero attached hydrogens (tertiary/aromatic N) is 1. The van der Waals surface area contributed by atoms with Crippen molar-refractivity contribution in [2.24, 2.45) is 17.3 Å². The quantitative estimate of drug-likeness (QED) is 0.523. The van der Waals surface area contributed by atoms with Crippen LogP contribution < -0.4 is 5.32 Å². The van der Waals surface area contributed by atoms with E-state index < -0.39 is 11.5 Å². The third-order valence-corrected chi connectivity index (χ3v) is 7.43. The Hall–Kier alpha value is -2.04. The Morgan fingerprint density at radius 1 is 1.24 bits per heavy atom. The number of benzene rings is 1. The molecule has 1 aromatic rings. The summed E-state index contributed by atoms with van der Waals surface area (Å²) < 4.78 is 5.28. The lowest BCUT2D eigenvalue weighted by molar-refractivity contribution is -0.177. The Labute approximate surface area is 175 Å². The second-order valence-electron chi connectivity index (χ2n) is 9.01. The van der Waals surface area contributed by atoms with E-state index in [0.29, 0.717) is 23.9 Å². The van der Waals surface area contributed by atoms with Crippen molar-refractivity contribution in [3.63, 3.8) is 0 Å². The van der Waals surface area contributed by atoms with Crippen molar-refractivity contribution in [1.29, 1.82) is 5.26 Å². The first-order chi connectivity index (χ1) is 13.9. The van der Waals surface area contributed by atoms with Crippen LogP contribution in [0, 0.1) is 28.6 Å². The molecular weight excluding hydrogens is 388 g/mol. The Kier molecular flexibility index (Phi) is 5.58. The van der Waals surface area contributed by atoms with E-state index in [-0.39, 0.29) is 30.2 Å². The van der Waals surface area contributed by atoms with Crippen LogP contribution in [0.3, 0.4) is 0 Å². The van der Waals surface area contributed by atoms with Gasteiger partial charge in [-0.05, 0) is 67.9 Å². The van der Waals surface area contributed by atoms with Crippen molar-refractivity contribution in [3.05, 3.63) is 24.3 Å². The van der Waals surface area contributed by atoms with Gasteiger partial charge in [-0.1, -0.05) is 12.1 Å². The van der Waals surface area contributed by atoms with Crippen molar-refractivity contribution < 1.29 is 19.4 Å². The summed E-state index contributed by atoms with van der Waals surface area (Å²) in [7, 11) is 0. The van der Waals surface area contributed by atoms with Gasteiger partial charge in [-0.25, -0.2) is 0 Å². The predicted octanol–water partition coefficient (Wildman–Crippen LogP) is 3.51. The zero-order valence-corrected chi connectivity index (χ0v) is 17.2. The predicted molar refractivity (Wildman–Crippen MR) is 109 cm³/mol. The minimum atomic E-state index is -0.605. The number of amides is 1. The number of thioether (sulfide) groups is 1. The minimum absolute atomic E-state index is 0.160. The molecule has 1 amide bonds. The van der Waals surface area contributed by atoms with Crippen LogP contribution in [0.2, 0.25) is 0 Å². The van der Waals surface area contributed by atoms with Crippen LogP contribution in [-0.4, -0.2) is 34.9 Å². The molecule has 0 heterocycles. The van der Waals surface area contributed by atoms with E-state index in [9.17, 15) is 14.7 Å². The molecule has 7 heteroatoms. The molecule has 4 aliphatic carbocycles. The fourth-order valence-corrected chi connectivity index (χ4v) is 6.77. The summed E-state index contributed by atoms with van der Waals surface area (Å²) in [6.07, 6.45) is 5.83. The van der Waals surface area contributed by atoms with Gasteiger partial charge in [-0.3, -0.25) is 9.59 Å². The summed E-state index contributed by atoms with van der Waals surface area (Å²) in [6, 6.07) is 9.30. The average Bonchev–Trinajstić information content (AvgIpc) is 2.63. The van der Waals surface area contributed by atoms with E-state index in [1.807, 2.05) is 12.1 Å². The fraction of sp³-hybridized carbons (Fsp3) is 0.591. The molecule has 2 N–H and O–H groups in total. The van der Waals surface area contributed by atoms with Gasteiger partial charge in [0.05, 0.1) is 29.5 Å². The molecule has 5 rings (SSSR count). The highest BCUT2D eigenvalue weighted by atomic mass is 32.2. The standard InChI is InChI=1S/C22H26N2O4S/c23-5-6-29-18-4-2-1-3-17(18)24-19(25)13-28-20(26)12-21-8-15-7-16(9-21)11-22(27,10-15)14-21/h1-4,15-16,27H,6-14H2,(H,24,25)/t15-,16+,21?,22?. The van der Waals surface area contributed by atoms with Crippen LogP contribution in [0.15, 0.2) is 29.2 Å². The Morgan fingerprint density at radius 2 is 1.97 bits per heavy atom. The number of nitrogens with one attached hydrogen (secondary N) is 1. The molecule has 4 fully saturated rings. The number of carbonyl (C=O) groups is 2. The van der Waals surface area contributed by atoms with Crippen LogP contribution in [0.1, 0.15) is 44.9 Å². The van der Waals surface area contributed by atoms with E-state index in [0.717, 1.165) is 30.6 Å². The van der Waals surface area contributed by atoms with Crippen molar-refractivity contribution >= 4 is 29.3 Å². The average molecular weight is 415 g/mol. The highest BCUT2D eigenvalue weighted by molar-refractivity contribution is 7.99. The summed E-state index contributed by atoms with van der Waals surface area (Å²) in [5.74, 6) is 0.558. The van der Waals surface area contributed by atoms with Gasteiger partial charge in [-0.2, -0.15) is 5.26 Å². The smallest absolute Gasteiger partial charge is 0.306 e. The SMILES string of the molecule is N#CCSc1ccccc1NC(=O)COC(=O)CC12C[C@@H]3C[C@@H](CC(O)(C3)C1)C2. The second-order valence-corrected chi connectivity index (χ2v) is 10.0. The maximum atomic E-state index is 12.5. The Morgan fingerprint density at radius 3 is 2.66 bits per heavy atom. The van der Waals surface area contributed by atoms with Gasteiger partial charge in [0.2, 0.25) is 0 Å². The molecule has 0 spiro atoms. The fourth-order valence-electron chi connectivity index (χ4n) is 6.10.